The first-order valence-electron chi connectivity index (χ1n) is 10.3. The van der Waals surface area contributed by atoms with Gasteiger partial charge >= 0.3 is 0 Å². The van der Waals surface area contributed by atoms with Gasteiger partial charge < -0.3 is 23.9 Å². The molecule has 2 aromatic carbocycles. The molecule has 0 bridgehead atoms. The summed E-state index contributed by atoms with van der Waals surface area (Å²) in [6.45, 7) is 0.686. The predicted octanol–water partition coefficient (Wildman–Crippen LogP) is 3.93. The van der Waals surface area contributed by atoms with Crippen molar-refractivity contribution >= 4 is 32.6 Å². The molecule has 0 spiro atoms. The number of non-ortho nitro benzene ring substituents is 1. The van der Waals surface area contributed by atoms with E-state index in [1.807, 2.05) is 7.05 Å². The summed E-state index contributed by atoms with van der Waals surface area (Å²) < 4.78 is 18.0. The smallest absolute Gasteiger partial charge is 0.270 e. The van der Waals surface area contributed by atoms with Crippen molar-refractivity contribution in [3.63, 3.8) is 0 Å². The highest BCUT2D eigenvalue weighted by Gasteiger charge is 2.37. The zero-order valence-electron chi connectivity index (χ0n) is 18.3. The van der Waals surface area contributed by atoms with Crippen LogP contribution in [0.2, 0.25) is 0 Å². The zero-order valence-corrected chi connectivity index (χ0v) is 19.9. The maximum absolute atomic E-state index is 13.3. The Hall–Kier alpha value is -2.95. The van der Waals surface area contributed by atoms with Crippen molar-refractivity contribution in [2.24, 2.45) is 0 Å². The maximum atomic E-state index is 13.3. The number of aliphatic hydroxyl groups is 1. The monoisotopic (exact) mass is 518 g/mol. The summed E-state index contributed by atoms with van der Waals surface area (Å²) in [5, 5.41) is 21.6. The van der Waals surface area contributed by atoms with Gasteiger partial charge in [-0.05, 0) is 26.1 Å². The molecule has 1 aliphatic rings. The second-order valence-electron chi connectivity index (χ2n) is 7.92. The Morgan fingerprint density at radius 3 is 2.61 bits per heavy atom. The first kappa shape index (κ1) is 23.2. The first-order chi connectivity index (χ1) is 15.8. The first-order valence-corrected chi connectivity index (χ1v) is 11.1. The summed E-state index contributed by atoms with van der Waals surface area (Å²) >= 11 is 3.40. The van der Waals surface area contributed by atoms with Crippen LogP contribution >= 0.6 is 15.9 Å². The Bertz CT molecular complexity index is 1290. The lowest BCUT2D eigenvalue weighted by Crippen LogP contribution is -2.32. The molecule has 0 saturated carbocycles. The third-order valence-corrected chi connectivity index (χ3v) is 6.91. The molecule has 1 aromatic heterocycles. The van der Waals surface area contributed by atoms with Gasteiger partial charge in [0.2, 0.25) is 0 Å². The number of rotatable bonds is 6. The standard InChI is InChI=1S/C23H23BrN2O7/c1-25-7-6-13(16(25)11-27)21-19(31-2)10-20(32-3)22-17(28)9-18(33-23(21)22)14-8-12(26(29)30)4-5-15(14)24/h4-5,8-10,13,16,27H,6-7,11H2,1-3H3. The minimum Gasteiger partial charge on any atom is -0.496 e. The van der Waals surface area contributed by atoms with Gasteiger partial charge in [0.15, 0.2) is 5.43 Å². The molecule has 4 rings (SSSR count). The van der Waals surface area contributed by atoms with E-state index in [0.717, 1.165) is 13.0 Å². The number of nitro benzene ring substituents is 1. The number of methoxy groups -OCH3 is 2. The summed E-state index contributed by atoms with van der Waals surface area (Å²) in [5.41, 5.74) is 0.843. The van der Waals surface area contributed by atoms with Crippen LogP contribution in [0.15, 0.2) is 44.0 Å². The molecule has 33 heavy (non-hydrogen) atoms. The van der Waals surface area contributed by atoms with Gasteiger partial charge in [-0.3, -0.25) is 14.9 Å². The number of hydrogen-bond acceptors (Lipinski definition) is 8. The number of likely N-dealkylation sites (N-methyl/N-ethyl adjacent to an activating group) is 1. The van der Waals surface area contributed by atoms with Crippen LogP contribution in [0.25, 0.3) is 22.3 Å². The fourth-order valence-corrected chi connectivity index (χ4v) is 4.98. The average Bonchev–Trinajstić information content (AvgIpc) is 3.17. The Morgan fingerprint density at radius 1 is 1.24 bits per heavy atom. The number of nitrogens with zero attached hydrogens (tertiary/aromatic N) is 2. The normalized spacial score (nSPS) is 18.6. The van der Waals surface area contributed by atoms with Crippen LogP contribution in [-0.2, 0) is 0 Å². The van der Waals surface area contributed by atoms with Gasteiger partial charge in [0, 0.05) is 51.8 Å². The SMILES string of the molecule is COc1cc(OC)c2c(=O)cc(-c3cc([N+](=O)[O-])ccc3Br)oc2c1C1CCN(C)C1CO. The maximum Gasteiger partial charge on any atom is 0.270 e. The molecule has 10 heteroatoms. The Labute approximate surface area is 197 Å². The van der Waals surface area contributed by atoms with Gasteiger partial charge in [-0.1, -0.05) is 15.9 Å². The second kappa shape index (κ2) is 9.12. The van der Waals surface area contributed by atoms with Gasteiger partial charge in [-0.2, -0.15) is 0 Å². The number of fused-ring (bicyclic) bond motifs is 1. The molecule has 3 aromatic rings. The quantitative estimate of drug-likeness (QED) is 0.385. The van der Waals surface area contributed by atoms with Crippen LogP contribution < -0.4 is 14.9 Å². The third-order valence-electron chi connectivity index (χ3n) is 6.21. The minimum absolute atomic E-state index is 0.0712. The zero-order chi connectivity index (χ0) is 23.9. The number of halogens is 1. The highest BCUT2D eigenvalue weighted by Crippen LogP contribution is 2.45. The second-order valence-corrected chi connectivity index (χ2v) is 8.78. The largest absolute Gasteiger partial charge is 0.496 e. The summed E-state index contributed by atoms with van der Waals surface area (Å²) in [7, 11) is 4.91. The molecular formula is C23H23BrN2O7. The average molecular weight is 519 g/mol. The fraction of sp³-hybridized carbons (Fsp3) is 0.348. The molecule has 1 N–H and O–H groups in total. The van der Waals surface area contributed by atoms with Gasteiger partial charge in [-0.25, -0.2) is 0 Å². The van der Waals surface area contributed by atoms with Crippen LogP contribution in [0, 0.1) is 10.1 Å². The van der Waals surface area contributed by atoms with E-state index >= 15 is 0 Å². The Morgan fingerprint density at radius 2 is 1.97 bits per heavy atom. The van der Waals surface area contributed by atoms with Crippen LogP contribution in [-0.4, -0.2) is 55.4 Å². The highest BCUT2D eigenvalue weighted by atomic mass is 79.9. The van der Waals surface area contributed by atoms with Crippen molar-refractivity contribution in [3.05, 3.63) is 60.7 Å². The molecule has 2 atom stereocenters. The molecule has 2 unspecified atom stereocenters. The number of nitro groups is 1. The minimum atomic E-state index is -0.507. The van der Waals surface area contributed by atoms with Crippen LogP contribution in [0.5, 0.6) is 11.5 Å². The van der Waals surface area contributed by atoms with E-state index < -0.39 is 4.92 Å². The van der Waals surface area contributed by atoms with Crippen LogP contribution in [0.1, 0.15) is 17.9 Å². The highest BCUT2D eigenvalue weighted by molar-refractivity contribution is 9.10. The summed E-state index contributed by atoms with van der Waals surface area (Å²) in [6, 6.07) is 7.03. The van der Waals surface area contributed by atoms with E-state index in [0.29, 0.717) is 27.1 Å². The lowest BCUT2D eigenvalue weighted by molar-refractivity contribution is -0.384. The molecule has 0 radical (unpaired) electrons. The predicted molar refractivity (Wildman–Crippen MR) is 126 cm³/mol. The fourth-order valence-electron chi connectivity index (χ4n) is 4.54. The van der Waals surface area contributed by atoms with Gasteiger partial charge in [0.05, 0.1) is 25.7 Å². The molecular weight excluding hydrogens is 496 g/mol. The van der Waals surface area contributed by atoms with Crippen LogP contribution in [0.3, 0.4) is 0 Å². The molecule has 9 nitrogen and oxygen atoms in total. The lowest BCUT2D eigenvalue weighted by Gasteiger charge is -2.25. The molecule has 174 valence electrons. The summed E-state index contributed by atoms with van der Waals surface area (Å²) in [4.78, 5) is 26.1. The van der Waals surface area contributed by atoms with E-state index in [-0.39, 0.29) is 46.4 Å². The van der Waals surface area contributed by atoms with E-state index in [1.54, 1.807) is 12.1 Å². The molecule has 1 aliphatic heterocycles. The van der Waals surface area contributed by atoms with E-state index in [1.165, 1.54) is 32.4 Å². The van der Waals surface area contributed by atoms with Crippen molar-refractivity contribution in [2.45, 2.75) is 18.4 Å². The summed E-state index contributed by atoms with van der Waals surface area (Å²) in [6.07, 6.45) is 0.730. The Kier molecular flexibility index (Phi) is 6.42. The summed E-state index contributed by atoms with van der Waals surface area (Å²) in [5.74, 6) is 0.800. The lowest BCUT2D eigenvalue weighted by atomic mass is 9.89. The molecule has 1 saturated heterocycles. The number of hydrogen-bond donors (Lipinski definition) is 1. The van der Waals surface area contributed by atoms with E-state index in [9.17, 15) is 20.0 Å². The number of benzene rings is 2. The van der Waals surface area contributed by atoms with Gasteiger partial charge in [0.1, 0.15) is 28.2 Å². The molecule has 0 aliphatic carbocycles. The van der Waals surface area contributed by atoms with Gasteiger partial charge in [0.25, 0.3) is 5.69 Å². The van der Waals surface area contributed by atoms with Crippen molar-refractivity contribution in [1.29, 1.82) is 0 Å². The number of likely N-dealkylation sites (tertiary alicyclic amines) is 1. The van der Waals surface area contributed by atoms with E-state index in [4.69, 9.17) is 13.9 Å². The number of ether oxygens (including phenoxy) is 2. The van der Waals surface area contributed by atoms with Crippen molar-refractivity contribution in [2.75, 3.05) is 34.4 Å². The van der Waals surface area contributed by atoms with Crippen molar-refractivity contribution in [3.8, 4) is 22.8 Å². The van der Waals surface area contributed by atoms with E-state index in [2.05, 4.69) is 20.8 Å². The van der Waals surface area contributed by atoms with Gasteiger partial charge in [-0.15, -0.1) is 0 Å². The Balaban J connectivity index is 2.06. The number of aliphatic hydroxyl groups excluding tert-OH is 1. The van der Waals surface area contributed by atoms with Crippen LogP contribution in [0.4, 0.5) is 5.69 Å². The van der Waals surface area contributed by atoms with Crippen molar-refractivity contribution < 1.29 is 23.9 Å². The topological polar surface area (TPSA) is 115 Å². The molecule has 0 amide bonds. The third kappa shape index (κ3) is 3.98. The molecule has 2 heterocycles. The van der Waals surface area contributed by atoms with Crippen molar-refractivity contribution in [1.82, 2.24) is 4.90 Å². The molecule has 1 fully saturated rings.